The summed E-state index contributed by atoms with van der Waals surface area (Å²) in [5, 5.41) is 0. The molecule has 0 saturated carbocycles. The number of nitrogens with zero attached hydrogens (tertiary/aromatic N) is 2. The Balaban J connectivity index is 0.00000185. The van der Waals surface area contributed by atoms with Crippen LogP contribution in [0.15, 0.2) is 119 Å². The van der Waals surface area contributed by atoms with E-state index in [1.54, 1.807) is 6.49 Å². The summed E-state index contributed by atoms with van der Waals surface area (Å²) < 4.78 is 3.67. The molecule has 2 nitrogen and oxygen atoms in total. The Morgan fingerprint density at radius 3 is 1.90 bits per heavy atom. The average molecular weight is 647 g/mol. The van der Waals surface area contributed by atoms with Crippen LogP contribution in [0, 0.1) is 0 Å². The standard InChI is InChI=1S/C17H19N2.C13H10.C5H5.2ClH.Zr/c1-18(2)14-8-9-15-13(11-14)10-12-6-5-7-16(17(12)15)19(3)4;1-3-7-12(8-4-1)11-13-9-5-2-6-10-13;1-2-4-5-3-1;;;/h5-11H,1-4H3;1-10H;1-3H,4H2;2*1H;. The van der Waals surface area contributed by atoms with Gasteiger partial charge in [-0.25, -0.2) is 0 Å². The molecule has 4 aromatic carbocycles. The molecule has 2 aliphatic rings. The minimum Gasteiger partial charge on any atom is -0.147 e. The van der Waals surface area contributed by atoms with Crippen LogP contribution in [0.3, 0.4) is 0 Å². The van der Waals surface area contributed by atoms with Crippen LogP contribution in [0.5, 0.6) is 0 Å². The molecule has 40 heavy (non-hydrogen) atoms. The Bertz CT molecular complexity index is 1550. The second kappa shape index (κ2) is 12.9. The minimum absolute atomic E-state index is 0. The number of hydrogen-bond donors (Lipinski definition) is 0. The molecule has 0 fully saturated rings. The van der Waals surface area contributed by atoms with Crippen molar-refractivity contribution < 1.29 is 21.3 Å². The van der Waals surface area contributed by atoms with Gasteiger partial charge in [-0.3, -0.25) is 0 Å². The van der Waals surface area contributed by atoms with Crippen molar-refractivity contribution in [1.82, 2.24) is 0 Å². The van der Waals surface area contributed by atoms with Gasteiger partial charge in [-0.15, -0.1) is 24.8 Å². The summed E-state index contributed by atoms with van der Waals surface area (Å²) in [6, 6.07) is 36.5. The van der Waals surface area contributed by atoms with Crippen molar-refractivity contribution in [2.75, 3.05) is 38.0 Å². The summed E-state index contributed by atoms with van der Waals surface area (Å²) in [6.07, 6.45) is 8.16. The molecule has 204 valence electrons. The zero-order valence-electron chi connectivity index (χ0n) is 23.5. The number of rotatable bonds is 6. The molecule has 5 heteroatoms. The first-order chi connectivity index (χ1) is 18.5. The van der Waals surface area contributed by atoms with Crippen molar-refractivity contribution in [3.05, 3.63) is 141 Å². The molecule has 6 rings (SSSR count). The maximum absolute atomic E-state index is 2.64. The number of fused-ring (bicyclic) bond motifs is 3. The Morgan fingerprint density at radius 1 is 0.700 bits per heavy atom. The molecule has 0 spiro atoms. The van der Waals surface area contributed by atoms with E-state index < -0.39 is 21.3 Å². The van der Waals surface area contributed by atoms with E-state index in [4.69, 9.17) is 0 Å². The Kier molecular flexibility index (Phi) is 9.73. The van der Waals surface area contributed by atoms with Gasteiger partial charge in [0.25, 0.3) is 0 Å². The van der Waals surface area contributed by atoms with Crippen LogP contribution < -0.4 is 9.80 Å². The van der Waals surface area contributed by atoms with Gasteiger partial charge in [0.05, 0.1) is 0 Å². The number of anilines is 2. The maximum Gasteiger partial charge on any atom is -0.147 e. The largest absolute Gasteiger partial charge is 0.147 e. The predicted octanol–water partition coefficient (Wildman–Crippen LogP) is 8.46. The quantitative estimate of drug-likeness (QED) is 0.207. The summed E-state index contributed by atoms with van der Waals surface area (Å²) in [5.74, 6) is 0. The van der Waals surface area contributed by atoms with Crippen molar-refractivity contribution in [3.8, 4) is 11.1 Å². The molecule has 1 atom stereocenters. The molecule has 0 bridgehead atoms. The molecule has 0 radical (unpaired) electrons. The van der Waals surface area contributed by atoms with Gasteiger partial charge in [-0.1, -0.05) is 0 Å². The Labute approximate surface area is 259 Å². The van der Waals surface area contributed by atoms with Crippen LogP contribution in [0.25, 0.3) is 11.1 Å². The van der Waals surface area contributed by atoms with Crippen molar-refractivity contribution >= 4 is 39.4 Å². The normalized spacial score (nSPS) is 14.3. The van der Waals surface area contributed by atoms with Gasteiger partial charge in [0.15, 0.2) is 0 Å². The average Bonchev–Trinajstić information content (AvgIpc) is 3.59. The predicted molar refractivity (Wildman–Crippen MR) is 175 cm³/mol. The Hall–Kier alpha value is -2.71. The summed E-state index contributed by atoms with van der Waals surface area (Å²) in [4.78, 5) is 4.52. The molecule has 1 unspecified atom stereocenters. The fraction of sp³-hybridized carbons (Fsp3) is 0.171. The molecule has 0 aliphatic heterocycles. The van der Waals surface area contributed by atoms with Gasteiger partial charge in [0.2, 0.25) is 0 Å². The Morgan fingerprint density at radius 2 is 1.35 bits per heavy atom. The van der Waals surface area contributed by atoms with Crippen molar-refractivity contribution in [1.29, 1.82) is 0 Å². The monoisotopic (exact) mass is 644 g/mol. The summed E-state index contributed by atoms with van der Waals surface area (Å²) in [5.41, 5.74) is 11.2. The fourth-order valence-electron chi connectivity index (χ4n) is 6.06. The molecule has 0 N–H and O–H groups in total. The van der Waals surface area contributed by atoms with E-state index in [0.717, 1.165) is 6.42 Å². The second-order valence-electron chi connectivity index (χ2n) is 10.6. The van der Waals surface area contributed by atoms with E-state index in [2.05, 4.69) is 153 Å². The first-order valence-corrected chi connectivity index (χ1v) is 17.2. The number of benzene rings is 4. The van der Waals surface area contributed by atoms with E-state index in [-0.39, 0.29) is 24.8 Å². The van der Waals surface area contributed by atoms with Crippen LogP contribution in [-0.2, 0) is 21.3 Å². The van der Waals surface area contributed by atoms with Crippen LogP contribution in [0.4, 0.5) is 11.4 Å². The van der Waals surface area contributed by atoms with Crippen LogP contribution in [-0.4, -0.2) is 31.4 Å². The summed E-state index contributed by atoms with van der Waals surface area (Å²) in [6.45, 7) is 0. The van der Waals surface area contributed by atoms with Gasteiger partial charge >= 0.3 is 236 Å². The minimum atomic E-state index is -2.64. The topological polar surface area (TPSA) is 6.48 Å². The molecular formula is C35H36Cl2N2Zr. The summed E-state index contributed by atoms with van der Waals surface area (Å²) >= 11 is -2.64. The van der Waals surface area contributed by atoms with Crippen LogP contribution >= 0.6 is 24.8 Å². The van der Waals surface area contributed by atoms with Crippen molar-refractivity contribution in [2.45, 2.75) is 10.0 Å². The zero-order valence-corrected chi connectivity index (χ0v) is 27.6. The van der Waals surface area contributed by atoms with Gasteiger partial charge in [0, 0.05) is 0 Å². The molecule has 0 heterocycles. The SMILES string of the molecule is CN(C)c1ccc2c(c1)[CH]([Zr]([C]1=CC=CC1)=[C](c1ccccc1)c1ccccc1)c1cccc(N(C)C)c1-2.Cl.Cl. The molecule has 4 aromatic rings. The van der Waals surface area contributed by atoms with Crippen LogP contribution in [0.2, 0.25) is 0 Å². The second-order valence-corrected chi connectivity index (χ2v) is 16.8. The number of allylic oxidation sites excluding steroid dienone is 4. The van der Waals surface area contributed by atoms with E-state index in [1.807, 2.05) is 0 Å². The van der Waals surface area contributed by atoms with E-state index in [1.165, 1.54) is 44.8 Å². The third-order valence-corrected chi connectivity index (χ3v) is 16.1. The smallest absolute Gasteiger partial charge is 0.147 e. The van der Waals surface area contributed by atoms with Crippen molar-refractivity contribution in [2.24, 2.45) is 0 Å². The van der Waals surface area contributed by atoms with E-state index in [0.29, 0.717) is 3.63 Å². The number of halogens is 2. The third-order valence-electron chi connectivity index (χ3n) is 7.80. The number of hydrogen-bond acceptors (Lipinski definition) is 2. The molecule has 0 aromatic heterocycles. The molecule has 0 amide bonds. The fourth-order valence-corrected chi connectivity index (χ4v) is 15.0. The van der Waals surface area contributed by atoms with Crippen LogP contribution in [0.1, 0.15) is 32.3 Å². The van der Waals surface area contributed by atoms with Crippen molar-refractivity contribution in [3.63, 3.8) is 0 Å². The van der Waals surface area contributed by atoms with Gasteiger partial charge in [0.1, 0.15) is 0 Å². The maximum atomic E-state index is 2.48. The first-order valence-electron chi connectivity index (χ1n) is 13.4. The van der Waals surface area contributed by atoms with Gasteiger partial charge in [-0.05, 0) is 0 Å². The van der Waals surface area contributed by atoms with Gasteiger partial charge in [-0.2, -0.15) is 0 Å². The summed E-state index contributed by atoms with van der Waals surface area (Å²) in [7, 11) is 8.65. The first kappa shape index (κ1) is 30.3. The van der Waals surface area contributed by atoms with E-state index in [9.17, 15) is 0 Å². The van der Waals surface area contributed by atoms with Gasteiger partial charge < -0.3 is 0 Å². The molecule has 0 saturated heterocycles. The molecular weight excluding hydrogens is 611 g/mol. The zero-order chi connectivity index (χ0) is 26.2. The third kappa shape index (κ3) is 5.45. The van der Waals surface area contributed by atoms with E-state index >= 15 is 0 Å². The molecule has 2 aliphatic carbocycles.